The van der Waals surface area contributed by atoms with Crippen LogP contribution in [0, 0.1) is 6.92 Å². The summed E-state index contributed by atoms with van der Waals surface area (Å²) in [5.74, 6) is 0.844. The molecule has 1 fully saturated rings. The van der Waals surface area contributed by atoms with Crippen LogP contribution >= 0.6 is 0 Å². The highest BCUT2D eigenvalue weighted by atomic mass is 16.5. The molecule has 92 valence electrons. The summed E-state index contributed by atoms with van der Waals surface area (Å²) in [6.07, 6.45) is 4.06. The minimum absolute atomic E-state index is 0.103. The fraction of sp³-hybridized carbons (Fsp3) is 0.286. The van der Waals surface area contributed by atoms with Gasteiger partial charge in [0.15, 0.2) is 0 Å². The van der Waals surface area contributed by atoms with Crippen molar-refractivity contribution < 1.29 is 4.74 Å². The average Bonchev–Trinajstić information content (AvgIpc) is 3.17. The van der Waals surface area contributed by atoms with Crippen molar-refractivity contribution >= 4 is 0 Å². The Morgan fingerprint density at radius 1 is 1.39 bits per heavy atom. The van der Waals surface area contributed by atoms with Crippen molar-refractivity contribution in [3.8, 4) is 17.0 Å². The molecule has 4 nitrogen and oxygen atoms in total. The number of H-pyrrole nitrogens is 1. The fourth-order valence-electron chi connectivity index (χ4n) is 1.85. The van der Waals surface area contributed by atoms with Gasteiger partial charge < -0.3 is 9.72 Å². The number of hydrogen-bond acceptors (Lipinski definition) is 3. The van der Waals surface area contributed by atoms with Gasteiger partial charge in [-0.15, -0.1) is 0 Å². The lowest BCUT2D eigenvalue weighted by Gasteiger charge is -2.07. The van der Waals surface area contributed by atoms with Crippen molar-refractivity contribution in [1.29, 1.82) is 0 Å². The zero-order chi connectivity index (χ0) is 12.5. The van der Waals surface area contributed by atoms with Crippen molar-refractivity contribution in [2.45, 2.75) is 25.9 Å². The van der Waals surface area contributed by atoms with Gasteiger partial charge in [0.25, 0.3) is 5.56 Å². The second kappa shape index (κ2) is 4.29. The molecule has 4 heteroatoms. The molecule has 1 aliphatic rings. The lowest BCUT2D eigenvalue weighted by molar-refractivity contribution is 0.303. The Hall–Kier alpha value is -2.10. The molecular weight excluding hydrogens is 228 g/mol. The van der Waals surface area contributed by atoms with E-state index in [0.717, 1.165) is 24.2 Å². The third-order valence-corrected chi connectivity index (χ3v) is 3.02. The van der Waals surface area contributed by atoms with Gasteiger partial charge in [0.2, 0.25) is 0 Å². The molecule has 0 amide bonds. The maximum Gasteiger partial charge on any atom is 0.254 e. The van der Waals surface area contributed by atoms with E-state index in [1.807, 2.05) is 24.3 Å². The van der Waals surface area contributed by atoms with Crippen LogP contribution in [0.15, 0.2) is 35.4 Å². The summed E-state index contributed by atoms with van der Waals surface area (Å²) in [6, 6.07) is 7.74. The number of aromatic nitrogens is 2. The lowest BCUT2D eigenvalue weighted by atomic mass is 10.1. The Morgan fingerprint density at radius 2 is 2.22 bits per heavy atom. The van der Waals surface area contributed by atoms with Gasteiger partial charge in [0.1, 0.15) is 5.75 Å². The Balaban J connectivity index is 1.99. The number of hydrogen-bond donors (Lipinski definition) is 1. The van der Waals surface area contributed by atoms with E-state index in [4.69, 9.17) is 4.74 Å². The average molecular weight is 242 g/mol. The van der Waals surface area contributed by atoms with Crippen LogP contribution in [0.25, 0.3) is 11.3 Å². The summed E-state index contributed by atoms with van der Waals surface area (Å²) in [7, 11) is 0. The van der Waals surface area contributed by atoms with Crippen LogP contribution in [0.4, 0.5) is 0 Å². The number of rotatable bonds is 3. The molecule has 0 atom stereocenters. The molecule has 1 heterocycles. The summed E-state index contributed by atoms with van der Waals surface area (Å²) in [5, 5.41) is 0. The molecule has 1 aromatic carbocycles. The molecule has 1 saturated carbocycles. The summed E-state index contributed by atoms with van der Waals surface area (Å²) in [5.41, 5.74) is 2.14. The van der Waals surface area contributed by atoms with Gasteiger partial charge >= 0.3 is 0 Å². The number of nitrogens with zero attached hydrogens (tertiary/aromatic N) is 1. The topological polar surface area (TPSA) is 55.0 Å². The number of ether oxygens (including phenoxy) is 1. The van der Waals surface area contributed by atoms with E-state index >= 15 is 0 Å². The van der Waals surface area contributed by atoms with Gasteiger partial charge in [-0.3, -0.25) is 4.79 Å². The highest BCUT2D eigenvalue weighted by Crippen LogP contribution is 2.29. The first-order valence-corrected chi connectivity index (χ1v) is 6.05. The van der Waals surface area contributed by atoms with E-state index in [0.29, 0.717) is 17.4 Å². The molecule has 0 spiro atoms. The van der Waals surface area contributed by atoms with Crippen LogP contribution in [0.5, 0.6) is 5.75 Å². The molecule has 1 aliphatic carbocycles. The molecular formula is C14H14N2O2. The van der Waals surface area contributed by atoms with E-state index in [1.54, 1.807) is 6.92 Å². The maximum atomic E-state index is 11.6. The van der Waals surface area contributed by atoms with Gasteiger partial charge in [-0.05, 0) is 31.9 Å². The van der Waals surface area contributed by atoms with E-state index in [2.05, 4.69) is 9.97 Å². The first kappa shape index (κ1) is 11.0. The maximum absolute atomic E-state index is 11.6. The molecule has 3 rings (SSSR count). The largest absolute Gasteiger partial charge is 0.490 e. The molecule has 2 aromatic rings. The van der Waals surface area contributed by atoms with Gasteiger partial charge in [-0.2, -0.15) is 0 Å². The zero-order valence-corrected chi connectivity index (χ0v) is 10.1. The van der Waals surface area contributed by atoms with Crippen LogP contribution in [0.2, 0.25) is 0 Å². The van der Waals surface area contributed by atoms with Crippen LogP contribution in [0.3, 0.4) is 0 Å². The lowest BCUT2D eigenvalue weighted by Crippen LogP contribution is -2.11. The standard InChI is InChI=1S/C14H14N2O2/c1-9-13(15-8-16-14(9)17)10-3-2-4-12(7-10)18-11-5-6-11/h2-4,7-8,11H,5-6H2,1H3,(H,15,16,17). The second-order valence-electron chi connectivity index (χ2n) is 4.55. The Bertz CT molecular complexity index is 630. The minimum Gasteiger partial charge on any atom is -0.490 e. The molecule has 0 aliphatic heterocycles. The smallest absolute Gasteiger partial charge is 0.254 e. The number of nitrogens with one attached hydrogen (secondary N) is 1. The Labute approximate surface area is 105 Å². The van der Waals surface area contributed by atoms with Crippen molar-refractivity contribution in [1.82, 2.24) is 9.97 Å². The first-order valence-electron chi connectivity index (χ1n) is 6.05. The summed E-state index contributed by atoms with van der Waals surface area (Å²) in [4.78, 5) is 18.4. The Kier molecular flexibility index (Phi) is 2.63. The highest BCUT2D eigenvalue weighted by molar-refractivity contribution is 5.63. The predicted octanol–water partition coefficient (Wildman–Crippen LogP) is 2.29. The zero-order valence-electron chi connectivity index (χ0n) is 10.1. The molecule has 1 aromatic heterocycles. The van der Waals surface area contributed by atoms with Crippen LogP contribution in [-0.4, -0.2) is 16.1 Å². The van der Waals surface area contributed by atoms with Crippen LogP contribution in [0.1, 0.15) is 18.4 Å². The SMILES string of the molecule is Cc1c(-c2cccc(OC3CC3)c2)nc[nH]c1=O. The summed E-state index contributed by atoms with van der Waals surface area (Å²) >= 11 is 0. The second-order valence-corrected chi connectivity index (χ2v) is 4.55. The van der Waals surface area contributed by atoms with Crippen LogP contribution in [-0.2, 0) is 0 Å². The normalized spacial score (nSPS) is 14.5. The number of aromatic amines is 1. The first-order chi connectivity index (χ1) is 8.74. The van der Waals surface area contributed by atoms with Crippen molar-refractivity contribution in [2.24, 2.45) is 0 Å². The van der Waals surface area contributed by atoms with E-state index in [-0.39, 0.29) is 5.56 Å². The molecule has 0 radical (unpaired) electrons. The summed E-state index contributed by atoms with van der Waals surface area (Å²) < 4.78 is 5.74. The molecule has 1 N–H and O–H groups in total. The van der Waals surface area contributed by atoms with Crippen molar-refractivity contribution in [3.05, 3.63) is 46.5 Å². The molecule has 0 bridgehead atoms. The van der Waals surface area contributed by atoms with Crippen molar-refractivity contribution in [2.75, 3.05) is 0 Å². The molecule has 0 saturated heterocycles. The molecule has 18 heavy (non-hydrogen) atoms. The van der Waals surface area contributed by atoms with E-state index in [1.165, 1.54) is 6.33 Å². The van der Waals surface area contributed by atoms with Gasteiger partial charge in [0.05, 0.1) is 18.1 Å². The van der Waals surface area contributed by atoms with Gasteiger partial charge in [-0.1, -0.05) is 12.1 Å². The highest BCUT2D eigenvalue weighted by Gasteiger charge is 2.23. The third kappa shape index (κ3) is 2.14. The fourth-order valence-corrected chi connectivity index (χ4v) is 1.85. The van der Waals surface area contributed by atoms with Crippen LogP contribution < -0.4 is 10.3 Å². The quantitative estimate of drug-likeness (QED) is 0.898. The monoisotopic (exact) mass is 242 g/mol. The number of benzene rings is 1. The summed E-state index contributed by atoms with van der Waals surface area (Å²) in [6.45, 7) is 1.77. The third-order valence-electron chi connectivity index (χ3n) is 3.02. The van der Waals surface area contributed by atoms with Gasteiger partial charge in [-0.25, -0.2) is 4.98 Å². The van der Waals surface area contributed by atoms with E-state index < -0.39 is 0 Å². The van der Waals surface area contributed by atoms with Gasteiger partial charge in [0, 0.05) is 11.1 Å². The minimum atomic E-state index is -0.103. The molecule has 0 unspecified atom stereocenters. The van der Waals surface area contributed by atoms with Crippen molar-refractivity contribution in [3.63, 3.8) is 0 Å². The predicted molar refractivity (Wildman–Crippen MR) is 68.7 cm³/mol. The van der Waals surface area contributed by atoms with E-state index in [9.17, 15) is 4.79 Å². The Morgan fingerprint density at radius 3 is 3.00 bits per heavy atom.